The van der Waals surface area contributed by atoms with E-state index in [9.17, 15) is 18.3 Å². The second kappa shape index (κ2) is 8.87. The minimum atomic E-state index is -3.52. The lowest BCUT2D eigenvalue weighted by Gasteiger charge is -2.29. The SMILES string of the molecule is COC(=O)c1ccc2c(C(C)=Nc3ccc(N(CC(C)(C)N)S(C)(=O)=O)cc3)c(O)[nH]c2c1. The number of nitrogens with two attached hydrogens (primary N) is 1. The van der Waals surface area contributed by atoms with Crippen molar-refractivity contribution in [3.63, 3.8) is 0 Å². The fourth-order valence-electron chi connectivity index (χ4n) is 3.51. The Balaban J connectivity index is 1.95. The van der Waals surface area contributed by atoms with Gasteiger partial charge in [-0.1, -0.05) is 6.07 Å². The topological polar surface area (TPSA) is 138 Å². The smallest absolute Gasteiger partial charge is 0.337 e. The molecule has 3 aromatic rings. The number of aromatic hydroxyl groups is 1. The van der Waals surface area contributed by atoms with E-state index in [2.05, 4.69) is 9.98 Å². The average Bonchev–Trinajstić information content (AvgIpc) is 3.05. The third kappa shape index (κ3) is 5.52. The minimum absolute atomic E-state index is 0.0710. The molecule has 0 saturated carbocycles. The Bertz CT molecular complexity index is 1320. The zero-order valence-electron chi connectivity index (χ0n) is 19.2. The summed E-state index contributed by atoms with van der Waals surface area (Å²) in [5.74, 6) is -0.544. The van der Waals surface area contributed by atoms with Crippen molar-refractivity contribution < 1.29 is 23.1 Å². The molecule has 1 heterocycles. The molecule has 0 aliphatic heterocycles. The van der Waals surface area contributed by atoms with Crippen LogP contribution >= 0.6 is 0 Å². The van der Waals surface area contributed by atoms with Crippen LogP contribution in [0, 0.1) is 0 Å². The first kappa shape index (κ1) is 24.3. The Labute approximate surface area is 192 Å². The lowest BCUT2D eigenvalue weighted by Crippen LogP contribution is -2.47. The van der Waals surface area contributed by atoms with Crippen LogP contribution in [-0.4, -0.2) is 55.6 Å². The summed E-state index contributed by atoms with van der Waals surface area (Å²) in [6.45, 7) is 5.40. The average molecular weight is 473 g/mol. The van der Waals surface area contributed by atoms with Crippen molar-refractivity contribution in [2.45, 2.75) is 26.3 Å². The molecule has 0 saturated heterocycles. The molecule has 2 aromatic carbocycles. The number of benzene rings is 2. The van der Waals surface area contributed by atoms with E-state index in [4.69, 9.17) is 10.5 Å². The van der Waals surface area contributed by atoms with Crippen LogP contribution in [0.4, 0.5) is 11.4 Å². The largest absolute Gasteiger partial charge is 0.494 e. The van der Waals surface area contributed by atoms with Crippen molar-refractivity contribution in [3.8, 4) is 5.88 Å². The number of nitrogens with one attached hydrogen (secondary N) is 1. The Kier molecular flexibility index (Phi) is 6.53. The number of aromatic nitrogens is 1. The molecule has 33 heavy (non-hydrogen) atoms. The summed E-state index contributed by atoms with van der Waals surface area (Å²) in [5, 5.41) is 11.1. The highest BCUT2D eigenvalue weighted by Crippen LogP contribution is 2.30. The van der Waals surface area contributed by atoms with Gasteiger partial charge in [0.15, 0.2) is 5.88 Å². The summed E-state index contributed by atoms with van der Waals surface area (Å²) in [4.78, 5) is 19.2. The van der Waals surface area contributed by atoms with Crippen LogP contribution < -0.4 is 10.0 Å². The number of aliphatic imine (C=N–C) groups is 1. The number of esters is 1. The molecule has 0 aliphatic rings. The van der Waals surface area contributed by atoms with E-state index < -0.39 is 21.5 Å². The molecule has 9 nitrogen and oxygen atoms in total. The first-order valence-corrected chi connectivity index (χ1v) is 12.0. The molecule has 0 aliphatic carbocycles. The van der Waals surface area contributed by atoms with E-state index in [0.29, 0.717) is 39.1 Å². The lowest BCUT2D eigenvalue weighted by molar-refractivity contribution is 0.0601. The van der Waals surface area contributed by atoms with E-state index in [1.54, 1.807) is 63.2 Å². The van der Waals surface area contributed by atoms with E-state index in [1.807, 2.05) is 0 Å². The zero-order valence-corrected chi connectivity index (χ0v) is 20.0. The zero-order chi connectivity index (χ0) is 24.6. The van der Waals surface area contributed by atoms with Gasteiger partial charge in [0.05, 0.1) is 48.1 Å². The summed E-state index contributed by atoms with van der Waals surface area (Å²) in [6, 6.07) is 11.7. The molecule has 0 amide bonds. The van der Waals surface area contributed by atoms with E-state index in [1.165, 1.54) is 11.4 Å². The molecule has 0 unspecified atom stereocenters. The molecule has 0 radical (unpaired) electrons. The number of ether oxygens (including phenoxy) is 1. The predicted molar refractivity (Wildman–Crippen MR) is 130 cm³/mol. The molecular weight excluding hydrogens is 444 g/mol. The first-order chi connectivity index (χ1) is 15.3. The van der Waals surface area contributed by atoms with Crippen LogP contribution in [0.25, 0.3) is 10.9 Å². The van der Waals surface area contributed by atoms with Crippen LogP contribution in [0.3, 0.4) is 0 Å². The lowest BCUT2D eigenvalue weighted by atomic mass is 10.1. The number of sulfonamides is 1. The van der Waals surface area contributed by atoms with Gasteiger partial charge in [0.1, 0.15) is 0 Å². The number of methoxy groups -OCH3 is 1. The van der Waals surface area contributed by atoms with E-state index >= 15 is 0 Å². The predicted octanol–water partition coefficient (Wildman–Crippen LogP) is 3.30. The van der Waals surface area contributed by atoms with Gasteiger partial charge < -0.3 is 20.6 Å². The molecule has 3 rings (SSSR count). The summed E-state index contributed by atoms with van der Waals surface area (Å²) in [6.07, 6.45) is 1.14. The maximum atomic E-state index is 12.3. The monoisotopic (exact) mass is 472 g/mol. The molecule has 176 valence electrons. The van der Waals surface area contributed by atoms with Gasteiger partial charge in [-0.3, -0.25) is 9.30 Å². The van der Waals surface area contributed by atoms with Gasteiger partial charge in [-0.25, -0.2) is 13.2 Å². The number of nitrogens with zero attached hydrogens (tertiary/aromatic N) is 2. The van der Waals surface area contributed by atoms with Crippen LogP contribution in [0.1, 0.15) is 36.7 Å². The van der Waals surface area contributed by atoms with Crippen molar-refractivity contribution >= 4 is 44.0 Å². The maximum Gasteiger partial charge on any atom is 0.337 e. The van der Waals surface area contributed by atoms with Crippen LogP contribution in [-0.2, 0) is 14.8 Å². The van der Waals surface area contributed by atoms with Gasteiger partial charge >= 0.3 is 5.97 Å². The molecule has 0 atom stereocenters. The molecule has 0 bridgehead atoms. The van der Waals surface area contributed by atoms with Gasteiger partial charge in [-0.05, 0) is 57.2 Å². The number of carbonyl (C=O) groups is 1. The molecule has 4 N–H and O–H groups in total. The van der Waals surface area contributed by atoms with Gasteiger partial charge in [-0.15, -0.1) is 0 Å². The van der Waals surface area contributed by atoms with Crippen molar-refractivity contribution in [2.24, 2.45) is 10.7 Å². The van der Waals surface area contributed by atoms with Crippen LogP contribution in [0.15, 0.2) is 47.5 Å². The number of rotatable bonds is 7. The Morgan fingerprint density at radius 3 is 2.39 bits per heavy atom. The number of fused-ring (bicyclic) bond motifs is 1. The second-order valence-electron chi connectivity index (χ2n) is 8.57. The van der Waals surface area contributed by atoms with Crippen LogP contribution in [0.2, 0.25) is 0 Å². The van der Waals surface area contributed by atoms with Gasteiger partial charge in [0, 0.05) is 16.4 Å². The minimum Gasteiger partial charge on any atom is -0.494 e. The summed E-state index contributed by atoms with van der Waals surface area (Å²) in [7, 11) is -2.21. The van der Waals surface area contributed by atoms with Crippen molar-refractivity contribution in [1.82, 2.24) is 4.98 Å². The summed E-state index contributed by atoms with van der Waals surface area (Å²) >= 11 is 0. The standard InChI is InChI=1S/C23H28N4O5S/c1-14(20-18-11-6-15(22(29)32-4)12-19(18)26-21(20)28)25-16-7-9-17(10-8-16)27(33(5,30)31)13-23(2,3)24/h6-12,26,28H,13,24H2,1-5H3. The molecule has 0 spiro atoms. The highest BCUT2D eigenvalue weighted by atomic mass is 32.2. The quantitative estimate of drug-likeness (QED) is 0.356. The Morgan fingerprint density at radius 1 is 1.21 bits per heavy atom. The fourth-order valence-corrected chi connectivity index (χ4v) is 4.58. The third-order valence-electron chi connectivity index (χ3n) is 4.95. The molecule has 1 aromatic heterocycles. The number of anilines is 1. The number of hydrogen-bond acceptors (Lipinski definition) is 7. The van der Waals surface area contributed by atoms with E-state index in [-0.39, 0.29) is 12.4 Å². The Morgan fingerprint density at radius 2 is 1.85 bits per heavy atom. The number of carbonyl (C=O) groups excluding carboxylic acids is 1. The summed E-state index contributed by atoms with van der Waals surface area (Å²) in [5.41, 5.74) is 8.37. The van der Waals surface area contributed by atoms with Crippen molar-refractivity contribution in [3.05, 3.63) is 53.6 Å². The highest BCUT2D eigenvalue weighted by molar-refractivity contribution is 7.92. The maximum absolute atomic E-state index is 12.3. The third-order valence-corrected chi connectivity index (χ3v) is 6.09. The number of hydrogen-bond donors (Lipinski definition) is 3. The Hall–Kier alpha value is -3.37. The van der Waals surface area contributed by atoms with Crippen molar-refractivity contribution in [1.29, 1.82) is 0 Å². The fraction of sp³-hybridized carbons (Fsp3) is 0.304. The highest BCUT2D eigenvalue weighted by Gasteiger charge is 2.24. The molecular formula is C23H28N4O5S. The molecule has 0 fully saturated rings. The van der Waals surface area contributed by atoms with Gasteiger partial charge in [0.2, 0.25) is 10.0 Å². The first-order valence-electron chi connectivity index (χ1n) is 10.2. The van der Waals surface area contributed by atoms with Gasteiger partial charge in [-0.2, -0.15) is 0 Å². The number of H-pyrrole nitrogens is 1. The normalized spacial score (nSPS) is 12.7. The van der Waals surface area contributed by atoms with Gasteiger partial charge in [0.25, 0.3) is 0 Å². The summed E-state index contributed by atoms with van der Waals surface area (Å²) < 4.78 is 30.5. The second-order valence-corrected chi connectivity index (χ2v) is 10.5. The van der Waals surface area contributed by atoms with Crippen LogP contribution in [0.5, 0.6) is 5.88 Å². The van der Waals surface area contributed by atoms with Crippen molar-refractivity contribution in [2.75, 3.05) is 24.2 Å². The number of aromatic amines is 1. The van der Waals surface area contributed by atoms with E-state index in [0.717, 1.165) is 6.26 Å². The molecule has 10 heteroatoms.